The highest BCUT2D eigenvalue weighted by Crippen LogP contribution is 2.37. The molecule has 27 heavy (non-hydrogen) atoms. The number of morpholine rings is 1. The van der Waals surface area contributed by atoms with Crippen molar-refractivity contribution in [3.63, 3.8) is 0 Å². The Labute approximate surface area is 158 Å². The number of benzene rings is 2. The topological polar surface area (TPSA) is 60.5 Å². The highest BCUT2D eigenvalue weighted by molar-refractivity contribution is 5.99. The van der Waals surface area contributed by atoms with Gasteiger partial charge in [-0.05, 0) is 18.6 Å². The Balaban J connectivity index is 1.94. The fraction of sp³-hybridized carbons (Fsp3) is 0.333. The van der Waals surface area contributed by atoms with Crippen molar-refractivity contribution in [1.29, 1.82) is 0 Å². The zero-order valence-electron chi connectivity index (χ0n) is 15.4. The van der Waals surface area contributed by atoms with E-state index >= 15 is 0 Å². The van der Waals surface area contributed by atoms with Gasteiger partial charge in [-0.3, -0.25) is 15.0 Å². The van der Waals surface area contributed by atoms with E-state index in [1.807, 2.05) is 24.3 Å². The molecule has 0 radical (unpaired) electrons. The molecule has 2 heterocycles. The largest absolute Gasteiger partial charge is 0.379 e. The summed E-state index contributed by atoms with van der Waals surface area (Å²) in [5.74, 6) is 0. The molecule has 1 saturated heterocycles. The van der Waals surface area contributed by atoms with Crippen LogP contribution in [0.5, 0.6) is 0 Å². The second-order valence-electron chi connectivity index (χ2n) is 6.78. The first-order valence-corrected chi connectivity index (χ1v) is 9.34. The van der Waals surface area contributed by atoms with Crippen LogP contribution in [0, 0.1) is 10.1 Å². The molecule has 1 aliphatic heterocycles. The van der Waals surface area contributed by atoms with Gasteiger partial charge in [0.05, 0.1) is 18.1 Å². The smallest absolute Gasteiger partial charge is 0.270 e. The Hall–Kier alpha value is -2.70. The number of non-ortho nitro benzene ring substituents is 1. The number of aromatic nitrogens is 1. The number of aryl methyl sites for hydroxylation is 1. The van der Waals surface area contributed by atoms with Crippen LogP contribution in [0.2, 0.25) is 0 Å². The van der Waals surface area contributed by atoms with Gasteiger partial charge in [0, 0.05) is 60.5 Å². The van der Waals surface area contributed by atoms with E-state index < -0.39 is 0 Å². The summed E-state index contributed by atoms with van der Waals surface area (Å²) in [6, 6.07) is 15.4. The molecule has 0 N–H and O–H groups in total. The number of hydrogen-bond donors (Lipinski definition) is 0. The van der Waals surface area contributed by atoms with Crippen molar-refractivity contribution < 1.29 is 9.66 Å². The van der Waals surface area contributed by atoms with Gasteiger partial charge in [-0.25, -0.2) is 0 Å². The number of nitro benzene ring substituents is 1. The lowest BCUT2D eigenvalue weighted by atomic mass is 10.0. The van der Waals surface area contributed by atoms with Crippen LogP contribution < -0.4 is 0 Å². The molecular weight excluding hydrogens is 342 g/mol. The summed E-state index contributed by atoms with van der Waals surface area (Å²) in [4.78, 5) is 13.4. The fourth-order valence-corrected chi connectivity index (χ4v) is 3.93. The number of rotatable bonds is 5. The number of fused-ring (bicyclic) bond motifs is 1. The van der Waals surface area contributed by atoms with Gasteiger partial charge >= 0.3 is 0 Å². The van der Waals surface area contributed by atoms with Gasteiger partial charge in [-0.2, -0.15) is 0 Å². The summed E-state index contributed by atoms with van der Waals surface area (Å²) < 4.78 is 7.77. The second kappa shape index (κ2) is 7.50. The molecule has 0 bridgehead atoms. The number of nitrogens with zero attached hydrogens (tertiary/aromatic N) is 3. The minimum Gasteiger partial charge on any atom is -0.379 e. The molecule has 3 aromatic rings. The number of ether oxygens (including phenoxy) is 1. The van der Waals surface area contributed by atoms with Crippen molar-refractivity contribution in [2.45, 2.75) is 20.0 Å². The maximum atomic E-state index is 11.3. The quantitative estimate of drug-likeness (QED) is 0.505. The van der Waals surface area contributed by atoms with E-state index in [1.54, 1.807) is 12.1 Å². The lowest BCUT2D eigenvalue weighted by molar-refractivity contribution is -0.384. The van der Waals surface area contributed by atoms with Crippen molar-refractivity contribution in [2.24, 2.45) is 0 Å². The minimum atomic E-state index is -0.320. The van der Waals surface area contributed by atoms with Crippen LogP contribution in [0.1, 0.15) is 12.6 Å². The summed E-state index contributed by atoms with van der Waals surface area (Å²) in [7, 11) is 0. The molecule has 0 spiro atoms. The molecule has 0 amide bonds. The van der Waals surface area contributed by atoms with Gasteiger partial charge in [0.15, 0.2) is 0 Å². The zero-order valence-corrected chi connectivity index (χ0v) is 15.4. The van der Waals surface area contributed by atoms with Gasteiger partial charge in [0.25, 0.3) is 5.69 Å². The number of nitro groups is 1. The Morgan fingerprint density at radius 1 is 1.11 bits per heavy atom. The van der Waals surface area contributed by atoms with E-state index in [0.717, 1.165) is 61.4 Å². The van der Waals surface area contributed by atoms with Crippen molar-refractivity contribution >= 4 is 16.6 Å². The highest BCUT2D eigenvalue weighted by atomic mass is 16.6. The Bertz CT molecular complexity index is 960. The highest BCUT2D eigenvalue weighted by Gasteiger charge is 2.22. The molecule has 1 fully saturated rings. The van der Waals surface area contributed by atoms with Crippen LogP contribution in [0.4, 0.5) is 5.69 Å². The van der Waals surface area contributed by atoms with E-state index in [1.165, 1.54) is 5.69 Å². The minimum absolute atomic E-state index is 0.130. The summed E-state index contributed by atoms with van der Waals surface area (Å²) in [5, 5.41) is 12.3. The van der Waals surface area contributed by atoms with Crippen LogP contribution in [-0.4, -0.2) is 40.7 Å². The monoisotopic (exact) mass is 365 g/mol. The molecule has 0 unspecified atom stereocenters. The van der Waals surface area contributed by atoms with Crippen molar-refractivity contribution in [1.82, 2.24) is 9.47 Å². The summed E-state index contributed by atoms with van der Waals surface area (Å²) >= 11 is 0. The first-order valence-electron chi connectivity index (χ1n) is 9.34. The Kier molecular flexibility index (Phi) is 4.92. The lowest BCUT2D eigenvalue weighted by Crippen LogP contribution is -2.36. The van der Waals surface area contributed by atoms with Crippen LogP contribution >= 0.6 is 0 Å². The average molecular weight is 365 g/mol. The summed E-state index contributed by atoms with van der Waals surface area (Å²) in [6.07, 6.45) is 0. The molecular formula is C21H23N3O3. The fourth-order valence-electron chi connectivity index (χ4n) is 3.93. The average Bonchev–Trinajstić information content (AvgIpc) is 3.01. The molecule has 0 saturated carbocycles. The van der Waals surface area contributed by atoms with E-state index in [0.29, 0.717) is 0 Å². The van der Waals surface area contributed by atoms with Gasteiger partial charge in [0.1, 0.15) is 0 Å². The number of hydrogen-bond acceptors (Lipinski definition) is 4. The molecule has 6 heteroatoms. The van der Waals surface area contributed by atoms with E-state index in [-0.39, 0.29) is 10.6 Å². The van der Waals surface area contributed by atoms with E-state index in [4.69, 9.17) is 4.74 Å². The van der Waals surface area contributed by atoms with Gasteiger partial charge in [-0.1, -0.05) is 30.3 Å². The van der Waals surface area contributed by atoms with Crippen molar-refractivity contribution in [2.75, 3.05) is 26.3 Å². The predicted octanol–water partition coefficient (Wildman–Crippen LogP) is 4.07. The normalized spacial score (nSPS) is 15.3. The SMILES string of the molecule is CCn1c(CN2CCOCC2)c(-c2ccccc2)c2cc([N+](=O)[O-])ccc21. The first-order chi connectivity index (χ1) is 13.2. The van der Waals surface area contributed by atoms with Crippen molar-refractivity contribution in [3.05, 3.63) is 64.3 Å². The summed E-state index contributed by atoms with van der Waals surface area (Å²) in [5.41, 5.74) is 4.58. The molecule has 4 rings (SSSR count). The van der Waals surface area contributed by atoms with Crippen LogP contribution in [0.15, 0.2) is 48.5 Å². The third kappa shape index (κ3) is 3.34. The molecule has 1 aliphatic rings. The molecule has 0 aliphatic carbocycles. The maximum Gasteiger partial charge on any atom is 0.270 e. The molecule has 1 aromatic heterocycles. The molecule has 0 atom stereocenters. The van der Waals surface area contributed by atoms with Gasteiger partial charge < -0.3 is 9.30 Å². The Morgan fingerprint density at radius 2 is 1.85 bits per heavy atom. The molecule has 140 valence electrons. The van der Waals surface area contributed by atoms with E-state index in [9.17, 15) is 10.1 Å². The molecule has 2 aromatic carbocycles. The first kappa shape index (κ1) is 17.7. The maximum absolute atomic E-state index is 11.3. The third-order valence-electron chi connectivity index (χ3n) is 5.22. The second-order valence-corrected chi connectivity index (χ2v) is 6.78. The standard InChI is InChI=1S/C21H23N3O3/c1-2-23-19-9-8-17(24(25)26)14-18(19)21(16-6-4-3-5-7-16)20(23)15-22-10-12-27-13-11-22/h3-9,14H,2,10-13,15H2,1H3. The zero-order chi connectivity index (χ0) is 18.8. The van der Waals surface area contributed by atoms with Crippen LogP contribution in [0.25, 0.3) is 22.0 Å². The van der Waals surface area contributed by atoms with Crippen molar-refractivity contribution in [3.8, 4) is 11.1 Å². The third-order valence-corrected chi connectivity index (χ3v) is 5.22. The predicted molar refractivity (Wildman–Crippen MR) is 106 cm³/mol. The summed E-state index contributed by atoms with van der Waals surface area (Å²) in [6.45, 7) is 7.05. The Morgan fingerprint density at radius 3 is 2.52 bits per heavy atom. The lowest BCUT2D eigenvalue weighted by Gasteiger charge is -2.27. The van der Waals surface area contributed by atoms with Crippen LogP contribution in [-0.2, 0) is 17.8 Å². The molecule has 6 nitrogen and oxygen atoms in total. The van der Waals surface area contributed by atoms with Gasteiger partial charge in [0.2, 0.25) is 0 Å². The van der Waals surface area contributed by atoms with E-state index in [2.05, 4.69) is 28.5 Å². The van der Waals surface area contributed by atoms with Gasteiger partial charge in [-0.15, -0.1) is 0 Å². The van der Waals surface area contributed by atoms with Crippen LogP contribution in [0.3, 0.4) is 0 Å².